The Labute approximate surface area is 140 Å². The van der Waals surface area contributed by atoms with Crippen molar-refractivity contribution in [3.05, 3.63) is 52.1 Å². The predicted octanol–water partition coefficient (Wildman–Crippen LogP) is 3.03. The lowest BCUT2D eigenvalue weighted by Gasteiger charge is -2.11. The van der Waals surface area contributed by atoms with E-state index in [1.807, 2.05) is 0 Å². The number of nitrogens with zero attached hydrogens (tertiary/aromatic N) is 1. The van der Waals surface area contributed by atoms with E-state index in [1.54, 1.807) is 0 Å². The number of nitro groups is 1. The molecule has 1 aliphatic heterocycles. The largest absolute Gasteiger partial charge is 0.586 e. The topological polar surface area (TPSA) is 108 Å². The van der Waals surface area contributed by atoms with Crippen molar-refractivity contribution in [2.45, 2.75) is 18.1 Å². The highest BCUT2D eigenvalue weighted by Gasteiger charge is 2.43. The molecule has 0 saturated carbocycles. The first-order valence-electron chi connectivity index (χ1n) is 6.76. The van der Waals surface area contributed by atoms with Gasteiger partial charge in [-0.05, 0) is 24.6 Å². The fraction of sp³-hybridized carbons (Fsp3) is 0.143. The summed E-state index contributed by atoms with van der Waals surface area (Å²) in [7, 11) is -4.34. The van der Waals surface area contributed by atoms with Crippen molar-refractivity contribution < 1.29 is 31.6 Å². The Morgan fingerprint density at radius 1 is 1.16 bits per heavy atom. The zero-order valence-corrected chi connectivity index (χ0v) is 13.3. The number of sulfonamides is 1. The Kier molecular flexibility index (Phi) is 3.75. The van der Waals surface area contributed by atoms with Crippen LogP contribution in [0.5, 0.6) is 11.5 Å². The summed E-state index contributed by atoms with van der Waals surface area (Å²) in [5, 5.41) is 11.1. The van der Waals surface area contributed by atoms with E-state index in [9.17, 15) is 27.3 Å². The lowest BCUT2D eigenvalue weighted by molar-refractivity contribution is -0.387. The highest BCUT2D eigenvalue weighted by Crippen LogP contribution is 2.42. The molecule has 0 bridgehead atoms. The van der Waals surface area contributed by atoms with Crippen LogP contribution in [0.1, 0.15) is 5.56 Å². The number of hydrogen-bond acceptors (Lipinski definition) is 6. The monoisotopic (exact) mass is 372 g/mol. The normalized spacial score (nSPS) is 15.0. The van der Waals surface area contributed by atoms with Gasteiger partial charge in [-0.25, -0.2) is 8.42 Å². The highest BCUT2D eigenvalue weighted by molar-refractivity contribution is 7.93. The van der Waals surface area contributed by atoms with Crippen LogP contribution in [0.25, 0.3) is 0 Å². The van der Waals surface area contributed by atoms with E-state index in [4.69, 9.17) is 0 Å². The molecule has 0 atom stereocenters. The maximum atomic E-state index is 13.0. The van der Waals surface area contributed by atoms with Crippen LogP contribution in [-0.2, 0) is 10.0 Å². The average Bonchev–Trinajstić information content (AvgIpc) is 2.79. The third kappa shape index (κ3) is 3.18. The second kappa shape index (κ2) is 5.55. The number of hydrogen-bond donors (Lipinski definition) is 1. The lowest BCUT2D eigenvalue weighted by atomic mass is 10.2. The van der Waals surface area contributed by atoms with Gasteiger partial charge in [0.15, 0.2) is 16.4 Å². The van der Waals surface area contributed by atoms with Crippen molar-refractivity contribution in [1.82, 2.24) is 0 Å². The molecule has 3 rings (SSSR count). The van der Waals surface area contributed by atoms with Gasteiger partial charge in [0.05, 0.1) is 10.6 Å². The van der Waals surface area contributed by atoms with Gasteiger partial charge in [-0.15, -0.1) is 8.78 Å². The molecule has 132 valence electrons. The standard InChI is InChI=1S/C14H10F2N2O6S/c1-8-3-2-4-10(18(19)20)13(8)25(21,22)17-9-5-6-11-12(7-9)24-14(15,16)23-11/h2-7,17H,1H3. The van der Waals surface area contributed by atoms with Crippen molar-refractivity contribution in [1.29, 1.82) is 0 Å². The number of fused-ring (bicyclic) bond motifs is 1. The molecule has 1 N–H and O–H groups in total. The summed E-state index contributed by atoms with van der Waals surface area (Å²) in [5.41, 5.74) is -0.550. The van der Waals surface area contributed by atoms with Gasteiger partial charge in [0.2, 0.25) is 0 Å². The number of aryl methyl sites for hydroxylation is 1. The quantitative estimate of drug-likeness (QED) is 0.653. The number of benzene rings is 2. The minimum atomic E-state index is -4.34. The average molecular weight is 372 g/mol. The Morgan fingerprint density at radius 2 is 1.84 bits per heavy atom. The Bertz CT molecular complexity index is 977. The molecule has 0 spiro atoms. The zero-order valence-electron chi connectivity index (χ0n) is 12.5. The maximum absolute atomic E-state index is 13.0. The van der Waals surface area contributed by atoms with Gasteiger partial charge in [-0.2, -0.15) is 0 Å². The molecule has 1 heterocycles. The van der Waals surface area contributed by atoms with Crippen LogP contribution in [0.15, 0.2) is 41.3 Å². The molecule has 0 aromatic heterocycles. The lowest BCUT2D eigenvalue weighted by Crippen LogP contribution is -2.25. The van der Waals surface area contributed by atoms with E-state index in [0.29, 0.717) is 0 Å². The molecule has 0 saturated heterocycles. The van der Waals surface area contributed by atoms with E-state index < -0.39 is 31.8 Å². The van der Waals surface area contributed by atoms with E-state index in [-0.39, 0.29) is 22.7 Å². The third-order valence-electron chi connectivity index (χ3n) is 3.31. The molecule has 0 amide bonds. The van der Waals surface area contributed by atoms with Gasteiger partial charge < -0.3 is 9.47 Å². The second-order valence-corrected chi connectivity index (χ2v) is 6.73. The predicted molar refractivity (Wildman–Crippen MR) is 81.3 cm³/mol. The molecule has 0 unspecified atom stereocenters. The van der Waals surface area contributed by atoms with E-state index in [2.05, 4.69) is 14.2 Å². The second-order valence-electron chi connectivity index (χ2n) is 5.11. The third-order valence-corrected chi connectivity index (χ3v) is 4.88. The van der Waals surface area contributed by atoms with Crippen molar-refractivity contribution in [3.8, 4) is 11.5 Å². The summed E-state index contributed by atoms with van der Waals surface area (Å²) in [5.74, 6) is -0.612. The van der Waals surface area contributed by atoms with Crippen molar-refractivity contribution in [2.75, 3.05) is 4.72 Å². The molecule has 0 radical (unpaired) electrons. The molecular weight excluding hydrogens is 362 g/mol. The number of ether oxygens (including phenoxy) is 2. The van der Waals surface area contributed by atoms with E-state index in [0.717, 1.165) is 18.2 Å². The van der Waals surface area contributed by atoms with Crippen LogP contribution >= 0.6 is 0 Å². The molecule has 8 nitrogen and oxygen atoms in total. The Hall–Kier alpha value is -2.95. The fourth-order valence-electron chi connectivity index (χ4n) is 2.35. The highest BCUT2D eigenvalue weighted by atomic mass is 32.2. The van der Waals surface area contributed by atoms with Crippen molar-refractivity contribution in [2.24, 2.45) is 0 Å². The molecule has 0 aliphatic carbocycles. The summed E-state index contributed by atoms with van der Waals surface area (Å²) < 4.78 is 61.7. The molecule has 2 aromatic carbocycles. The van der Waals surface area contributed by atoms with E-state index in [1.165, 1.54) is 25.1 Å². The number of anilines is 1. The summed E-state index contributed by atoms with van der Waals surface area (Å²) in [6.07, 6.45) is -3.84. The van der Waals surface area contributed by atoms with Gasteiger partial charge in [0, 0.05) is 12.1 Å². The maximum Gasteiger partial charge on any atom is 0.586 e. The molecule has 1 aliphatic rings. The summed E-state index contributed by atoms with van der Waals surface area (Å²) in [6.45, 7) is 1.40. The van der Waals surface area contributed by atoms with Gasteiger partial charge in [-0.3, -0.25) is 14.8 Å². The summed E-state index contributed by atoms with van der Waals surface area (Å²) >= 11 is 0. The van der Waals surface area contributed by atoms with Gasteiger partial charge in [0.1, 0.15) is 0 Å². The molecular formula is C14H10F2N2O6S. The van der Waals surface area contributed by atoms with Crippen molar-refractivity contribution >= 4 is 21.4 Å². The van der Waals surface area contributed by atoms with Gasteiger partial charge >= 0.3 is 6.29 Å². The number of nitrogens with one attached hydrogen (secondary N) is 1. The smallest absolute Gasteiger partial charge is 0.395 e. The van der Waals surface area contributed by atoms with Crippen LogP contribution in [0.3, 0.4) is 0 Å². The van der Waals surface area contributed by atoms with Gasteiger partial charge in [-0.1, -0.05) is 12.1 Å². The minimum Gasteiger partial charge on any atom is -0.395 e. The summed E-state index contributed by atoms with van der Waals surface area (Å²) in [6, 6.07) is 7.09. The first-order valence-corrected chi connectivity index (χ1v) is 8.24. The van der Waals surface area contributed by atoms with Gasteiger partial charge in [0.25, 0.3) is 15.7 Å². The first-order chi connectivity index (χ1) is 11.6. The van der Waals surface area contributed by atoms with E-state index >= 15 is 0 Å². The minimum absolute atomic E-state index is 0.113. The number of halogens is 2. The molecule has 2 aromatic rings. The Balaban J connectivity index is 1.98. The van der Waals surface area contributed by atoms with Crippen LogP contribution < -0.4 is 14.2 Å². The van der Waals surface area contributed by atoms with Crippen LogP contribution in [0.4, 0.5) is 20.2 Å². The van der Waals surface area contributed by atoms with Crippen molar-refractivity contribution in [3.63, 3.8) is 0 Å². The zero-order chi connectivity index (χ0) is 18.4. The fourth-order valence-corrected chi connectivity index (χ4v) is 3.80. The molecule has 25 heavy (non-hydrogen) atoms. The first kappa shape index (κ1) is 16.9. The number of rotatable bonds is 4. The molecule has 0 fully saturated rings. The number of alkyl halides is 2. The SMILES string of the molecule is Cc1cccc([N+](=O)[O-])c1S(=O)(=O)Nc1ccc2c(c1)OC(F)(F)O2. The number of nitro benzene ring substituents is 1. The summed E-state index contributed by atoms with van der Waals surface area (Å²) in [4.78, 5) is 9.76. The Morgan fingerprint density at radius 3 is 2.52 bits per heavy atom. The van der Waals surface area contributed by atoms with Crippen LogP contribution in [0.2, 0.25) is 0 Å². The molecule has 11 heteroatoms. The van der Waals surface area contributed by atoms with Crippen LogP contribution in [-0.4, -0.2) is 19.6 Å². The van der Waals surface area contributed by atoms with Crippen LogP contribution in [0, 0.1) is 17.0 Å².